The fourth-order valence-corrected chi connectivity index (χ4v) is 2.19. The molecular weight excluding hydrogens is 266 g/mol. The molecule has 0 saturated carbocycles. The minimum absolute atomic E-state index is 0.854. The van der Waals surface area contributed by atoms with Gasteiger partial charge >= 0.3 is 0 Å². The molecule has 3 nitrogen and oxygen atoms in total. The van der Waals surface area contributed by atoms with Crippen LogP contribution in [0.3, 0.4) is 0 Å². The second-order valence-corrected chi connectivity index (χ2v) is 4.17. The van der Waals surface area contributed by atoms with Gasteiger partial charge in [0.15, 0.2) is 0 Å². The number of pyridine rings is 2. The summed E-state index contributed by atoms with van der Waals surface area (Å²) >= 11 is 3.46. The predicted molar refractivity (Wildman–Crippen MR) is 66.1 cm³/mol. The van der Waals surface area contributed by atoms with Gasteiger partial charge in [0, 0.05) is 24.2 Å². The zero-order valence-corrected chi connectivity index (χ0v) is 9.92. The molecule has 3 aromatic heterocycles. The molecule has 0 amide bonds. The molecule has 0 aliphatic carbocycles. The summed E-state index contributed by atoms with van der Waals surface area (Å²) in [5.74, 6) is 0.899. The van der Waals surface area contributed by atoms with Crippen molar-refractivity contribution in [2.45, 2.75) is 0 Å². The van der Waals surface area contributed by atoms with Crippen molar-refractivity contribution >= 4 is 21.4 Å². The second kappa shape index (κ2) is 3.72. The van der Waals surface area contributed by atoms with Crippen LogP contribution in [-0.2, 0) is 0 Å². The Bertz CT molecular complexity index is 631. The van der Waals surface area contributed by atoms with Crippen molar-refractivity contribution in [3.05, 3.63) is 53.5 Å². The Morgan fingerprint density at radius 1 is 1.12 bits per heavy atom. The summed E-state index contributed by atoms with van der Waals surface area (Å²) in [6, 6.07) is 9.92. The van der Waals surface area contributed by atoms with Gasteiger partial charge in [0.2, 0.25) is 0 Å². The molecule has 78 valence electrons. The first kappa shape index (κ1) is 9.54. The smallest absolute Gasteiger partial charge is 0.147 e. The molecule has 0 spiro atoms. The van der Waals surface area contributed by atoms with Gasteiger partial charge in [-0.15, -0.1) is 0 Å². The molecule has 0 atom stereocenters. The van der Waals surface area contributed by atoms with E-state index < -0.39 is 0 Å². The van der Waals surface area contributed by atoms with Crippen LogP contribution in [0.2, 0.25) is 0 Å². The van der Waals surface area contributed by atoms with Gasteiger partial charge in [0.1, 0.15) is 10.4 Å². The molecule has 0 radical (unpaired) electrons. The quantitative estimate of drug-likeness (QED) is 0.682. The highest BCUT2D eigenvalue weighted by Gasteiger charge is 2.09. The molecule has 0 bridgehead atoms. The molecule has 0 aliphatic heterocycles. The first-order valence-electron chi connectivity index (χ1n) is 4.89. The van der Waals surface area contributed by atoms with Crippen molar-refractivity contribution in [1.29, 1.82) is 0 Å². The van der Waals surface area contributed by atoms with E-state index in [9.17, 15) is 0 Å². The van der Waals surface area contributed by atoms with E-state index in [4.69, 9.17) is 0 Å². The molecule has 16 heavy (non-hydrogen) atoms. The number of hydrogen-bond acceptors (Lipinski definition) is 2. The normalized spacial score (nSPS) is 10.8. The highest BCUT2D eigenvalue weighted by molar-refractivity contribution is 9.10. The van der Waals surface area contributed by atoms with E-state index >= 15 is 0 Å². The molecule has 0 unspecified atom stereocenters. The Labute approximate surface area is 101 Å². The number of imidazole rings is 1. The van der Waals surface area contributed by atoms with Gasteiger partial charge in [-0.05, 0) is 40.2 Å². The van der Waals surface area contributed by atoms with Crippen LogP contribution in [0.25, 0.3) is 16.9 Å². The van der Waals surface area contributed by atoms with Crippen LogP contribution in [0.4, 0.5) is 0 Å². The predicted octanol–water partition coefficient (Wildman–Crippen LogP) is 3.16. The zero-order valence-electron chi connectivity index (χ0n) is 8.34. The van der Waals surface area contributed by atoms with Crippen LogP contribution in [0, 0.1) is 0 Å². The molecule has 4 heteroatoms. The average Bonchev–Trinajstić information content (AvgIpc) is 2.69. The first-order chi connectivity index (χ1) is 7.86. The Balaban J connectivity index is 2.33. The molecule has 0 saturated heterocycles. The van der Waals surface area contributed by atoms with Gasteiger partial charge in [0.05, 0.1) is 5.52 Å². The summed E-state index contributed by atoms with van der Waals surface area (Å²) < 4.78 is 2.90. The Kier molecular flexibility index (Phi) is 2.22. The van der Waals surface area contributed by atoms with E-state index in [0.717, 1.165) is 21.5 Å². The lowest BCUT2D eigenvalue weighted by atomic mass is 10.3. The summed E-state index contributed by atoms with van der Waals surface area (Å²) in [5.41, 5.74) is 2.07. The minimum atomic E-state index is 0.854. The van der Waals surface area contributed by atoms with Crippen LogP contribution in [0.5, 0.6) is 0 Å². The molecule has 0 aliphatic rings. The molecule has 0 aromatic carbocycles. The fourth-order valence-electron chi connectivity index (χ4n) is 1.70. The molecular formula is C12H8BrN3. The number of hydrogen-bond donors (Lipinski definition) is 0. The topological polar surface area (TPSA) is 30.2 Å². The monoisotopic (exact) mass is 273 g/mol. The Hall–Kier alpha value is -1.68. The van der Waals surface area contributed by atoms with Crippen LogP contribution >= 0.6 is 15.9 Å². The van der Waals surface area contributed by atoms with Crippen LogP contribution in [0.1, 0.15) is 0 Å². The highest BCUT2D eigenvalue weighted by Crippen LogP contribution is 2.24. The molecule has 0 fully saturated rings. The Morgan fingerprint density at radius 3 is 2.88 bits per heavy atom. The number of halogens is 1. The lowest BCUT2D eigenvalue weighted by Gasteiger charge is -1.99. The lowest BCUT2D eigenvalue weighted by molar-refractivity contribution is 1.15. The maximum atomic E-state index is 4.50. The minimum Gasteiger partial charge on any atom is -0.299 e. The molecule has 3 aromatic rings. The maximum Gasteiger partial charge on any atom is 0.147 e. The van der Waals surface area contributed by atoms with Crippen molar-refractivity contribution < 1.29 is 0 Å². The van der Waals surface area contributed by atoms with Crippen molar-refractivity contribution in [1.82, 2.24) is 14.4 Å². The van der Waals surface area contributed by atoms with Crippen LogP contribution < -0.4 is 0 Å². The standard InChI is InChI=1S/C12H8BrN3/c13-11-10-5-1-2-7-16(10)12(15-11)9-4-3-6-14-8-9/h1-8H. The van der Waals surface area contributed by atoms with Crippen molar-refractivity contribution in [3.63, 3.8) is 0 Å². The molecule has 0 N–H and O–H groups in total. The molecule has 3 heterocycles. The van der Waals surface area contributed by atoms with Gasteiger partial charge in [-0.2, -0.15) is 0 Å². The largest absolute Gasteiger partial charge is 0.299 e. The second-order valence-electron chi connectivity index (χ2n) is 3.42. The summed E-state index contributed by atoms with van der Waals surface area (Å²) in [5, 5.41) is 0. The van der Waals surface area contributed by atoms with E-state index in [1.807, 2.05) is 47.1 Å². The van der Waals surface area contributed by atoms with Crippen LogP contribution in [-0.4, -0.2) is 14.4 Å². The van der Waals surface area contributed by atoms with E-state index in [0.29, 0.717) is 0 Å². The average molecular weight is 274 g/mol. The zero-order chi connectivity index (χ0) is 11.0. The van der Waals surface area contributed by atoms with Crippen molar-refractivity contribution in [2.75, 3.05) is 0 Å². The Morgan fingerprint density at radius 2 is 2.06 bits per heavy atom. The third-order valence-electron chi connectivity index (χ3n) is 2.42. The summed E-state index contributed by atoms with van der Waals surface area (Å²) in [6.07, 6.45) is 5.57. The highest BCUT2D eigenvalue weighted by atomic mass is 79.9. The number of fused-ring (bicyclic) bond motifs is 1. The summed E-state index contributed by atoms with van der Waals surface area (Å²) in [7, 11) is 0. The van der Waals surface area contributed by atoms with E-state index in [-0.39, 0.29) is 0 Å². The van der Waals surface area contributed by atoms with Gasteiger partial charge in [-0.3, -0.25) is 9.38 Å². The van der Waals surface area contributed by atoms with Crippen LogP contribution in [0.15, 0.2) is 53.5 Å². The van der Waals surface area contributed by atoms with Gasteiger partial charge in [-0.25, -0.2) is 4.98 Å². The van der Waals surface area contributed by atoms with E-state index in [2.05, 4.69) is 25.9 Å². The number of aromatic nitrogens is 3. The SMILES string of the molecule is Brc1nc(-c2cccnc2)n2ccccc12. The summed E-state index contributed by atoms with van der Waals surface area (Å²) in [6.45, 7) is 0. The summed E-state index contributed by atoms with van der Waals surface area (Å²) in [4.78, 5) is 8.61. The maximum absolute atomic E-state index is 4.50. The molecule has 3 rings (SSSR count). The van der Waals surface area contributed by atoms with Crippen molar-refractivity contribution in [3.8, 4) is 11.4 Å². The van der Waals surface area contributed by atoms with Gasteiger partial charge in [-0.1, -0.05) is 6.07 Å². The van der Waals surface area contributed by atoms with E-state index in [1.54, 1.807) is 6.20 Å². The third kappa shape index (κ3) is 1.42. The number of nitrogens with zero attached hydrogens (tertiary/aromatic N) is 3. The lowest BCUT2D eigenvalue weighted by Crippen LogP contribution is -1.88. The third-order valence-corrected chi connectivity index (χ3v) is 3.01. The van der Waals surface area contributed by atoms with E-state index in [1.165, 1.54) is 0 Å². The van der Waals surface area contributed by atoms with Gasteiger partial charge in [0.25, 0.3) is 0 Å². The van der Waals surface area contributed by atoms with Gasteiger partial charge < -0.3 is 0 Å². The fraction of sp³-hybridized carbons (Fsp3) is 0. The first-order valence-corrected chi connectivity index (χ1v) is 5.68. The number of rotatable bonds is 1. The van der Waals surface area contributed by atoms with Crippen molar-refractivity contribution in [2.24, 2.45) is 0 Å².